The Morgan fingerprint density at radius 2 is 2.23 bits per heavy atom. The molecule has 122 valence electrons. The molecule has 2 N–H and O–H groups in total. The molecule has 22 heavy (non-hydrogen) atoms. The van der Waals surface area contributed by atoms with E-state index in [1.807, 2.05) is 11.8 Å². The minimum Gasteiger partial charge on any atom is -0.493 e. The molecule has 1 aromatic carbocycles. The van der Waals surface area contributed by atoms with E-state index in [-0.39, 0.29) is 17.4 Å². The summed E-state index contributed by atoms with van der Waals surface area (Å²) in [6.07, 6.45) is 1.70. The van der Waals surface area contributed by atoms with Crippen molar-refractivity contribution in [3.05, 3.63) is 28.8 Å². The van der Waals surface area contributed by atoms with Gasteiger partial charge in [0.15, 0.2) is 0 Å². The van der Waals surface area contributed by atoms with Crippen molar-refractivity contribution < 1.29 is 9.53 Å². The standard InChI is InChI=1S/C17H25ClN2O2/c1-4-9-22-14-6-5-12(18)10-13(14)16(21)20-8-7-15(19)17(2,3)11-20/h5-6,10,15H,4,7-9,11,19H2,1-3H3. The van der Waals surface area contributed by atoms with E-state index in [1.54, 1.807) is 18.2 Å². The normalized spacial score (nSPS) is 20.8. The molecule has 0 bridgehead atoms. The van der Waals surface area contributed by atoms with Gasteiger partial charge in [-0.25, -0.2) is 0 Å². The van der Waals surface area contributed by atoms with Gasteiger partial charge in [-0.1, -0.05) is 32.4 Å². The van der Waals surface area contributed by atoms with Crippen LogP contribution in [0.5, 0.6) is 5.75 Å². The molecule has 1 aliphatic heterocycles. The molecule has 0 spiro atoms. The predicted molar refractivity (Wildman–Crippen MR) is 89.5 cm³/mol. The molecule has 4 nitrogen and oxygen atoms in total. The molecule has 5 heteroatoms. The number of benzene rings is 1. The summed E-state index contributed by atoms with van der Waals surface area (Å²) in [5, 5.41) is 0.542. The molecule has 1 amide bonds. The number of ether oxygens (including phenoxy) is 1. The first-order chi connectivity index (χ1) is 10.3. The van der Waals surface area contributed by atoms with E-state index < -0.39 is 0 Å². The zero-order valence-corrected chi connectivity index (χ0v) is 14.3. The Labute approximate surface area is 137 Å². The third kappa shape index (κ3) is 3.73. The molecule has 1 atom stereocenters. The number of hydrogen-bond donors (Lipinski definition) is 1. The van der Waals surface area contributed by atoms with Crippen molar-refractivity contribution in [3.8, 4) is 5.75 Å². The highest BCUT2D eigenvalue weighted by Crippen LogP contribution is 2.31. The first-order valence-electron chi connectivity index (χ1n) is 7.82. The van der Waals surface area contributed by atoms with Crippen LogP contribution in [0.2, 0.25) is 5.02 Å². The van der Waals surface area contributed by atoms with Crippen molar-refractivity contribution in [1.29, 1.82) is 0 Å². The van der Waals surface area contributed by atoms with Crippen molar-refractivity contribution in [2.45, 2.75) is 39.7 Å². The average Bonchev–Trinajstić information content (AvgIpc) is 2.48. The summed E-state index contributed by atoms with van der Waals surface area (Å²) in [6.45, 7) is 8.13. The summed E-state index contributed by atoms with van der Waals surface area (Å²) >= 11 is 6.07. The molecular weight excluding hydrogens is 300 g/mol. The highest BCUT2D eigenvalue weighted by atomic mass is 35.5. The molecule has 0 saturated carbocycles. The van der Waals surface area contributed by atoms with Gasteiger partial charge in [-0.15, -0.1) is 0 Å². The van der Waals surface area contributed by atoms with Crippen molar-refractivity contribution in [1.82, 2.24) is 4.90 Å². The molecular formula is C17H25ClN2O2. The van der Waals surface area contributed by atoms with Crippen LogP contribution < -0.4 is 10.5 Å². The highest BCUT2D eigenvalue weighted by molar-refractivity contribution is 6.31. The zero-order chi connectivity index (χ0) is 16.3. The van der Waals surface area contributed by atoms with E-state index in [1.165, 1.54) is 0 Å². The lowest BCUT2D eigenvalue weighted by atomic mass is 9.79. The quantitative estimate of drug-likeness (QED) is 0.924. The van der Waals surface area contributed by atoms with Crippen LogP contribution in [-0.2, 0) is 0 Å². The number of piperidine rings is 1. The third-order valence-corrected chi connectivity index (χ3v) is 4.47. The van der Waals surface area contributed by atoms with E-state index >= 15 is 0 Å². The minimum absolute atomic E-state index is 0.0337. The summed E-state index contributed by atoms with van der Waals surface area (Å²) < 4.78 is 5.70. The van der Waals surface area contributed by atoms with Crippen molar-refractivity contribution >= 4 is 17.5 Å². The number of amides is 1. The van der Waals surface area contributed by atoms with Crippen LogP contribution in [0.15, 0.2) is 18.2 Å². The lowest BCUT2D eigenvalue weighted by Crippen LogP contribution is -2.54. The van der Waals surface area contributed by atoms with Crippen molar-refractivity contribution in [2.75, 3.05) is 19.7 Å². The monoisotopic (exact) mass is 324 g/mol. The van der Waals surface area contributed by atoms with Crippen LogP contribution in [0.4, 0.5) is 0 Å². The molecule has 1 aromatic rings. The number of carbonyl (C=O) groups is 1. The minimum atomic E-state index is -0.0864. The van der Waals surface area contributed by atoms with Gasteiger partial charge in [0, 0.05) is 24.2 Å². The molecule has 0 aromatic heterocycles. The molecule has 1 unspecified atom stereocenters. The number of nitrogens with zero attached hydrogens (tertiary/aromatic N) is 1. The molecule has 1 fully saturated rings. The molecule has 0 radical (unpaired) electrons. The van der Waals surface area contributed by atoms with Crippen LogP contribution in [0.1, 0.15) is 44.0 Å². The fourth-order valence-corrected chi connectivity index (χ4v) is 2.90. The topological polar surface area (TPSA) is 55.6 Å². The Morgan fingerprint density at radius 1 is 1.50 bits per heavy atom. The summed E-state index contributed by atoms with van der Waals surface area (Å²) in [6, 6.07) is 5.33. The summed E-state index contributed by atoms with van der Waals surface area (Å²) in [7, 11) is 0. The predicted octanol–water partition coefficient (Wildman–Crippen LogP) is 3.33. The molecule has 2 rings (SSSR count). The van der Waals surface area contributed by atoms with Gasteiger partial charge < -0.3 is 15.4 Å². The number of carbonyl (C=O) groups excluding carboxylic acids is 1. The van der Waals surface area contributed by atoms with Gasteiger partial charge >= 0.3 is 0 Å². The summed E-state index contributed by atoms with van der Waals surface area (Å²) in [5.41, 5.74) is 6.60. The summed E-state index contributed by atoms with van der Waals surface area (Å²) in [5.74, 6) is 0.567. The van der Waals surface area contributed by atoms with Gasteiger partial charge in [0.25, 0.3) is 5.91 Å². The van der Waals surface area contributed by atoms with Crippen LogP contribution in [0.3, 0.4) is 0 Å². The fourth-order valence-electron chi connectivity index (χ4n) is 2.72. The van der Waals surface area contributed by atoms with E-state index in [0.717, 1.165) is 12.8 Å². The number of nitrogens with two attached hydrogens (primary N) is 1. The number of likely N-dealkylation sites (tertiary alicyclic amines) is 1. The lowest BCUT2D eigenvalue weighted by molar-refractivity contribution is 0.0529. The van der Waals surface area contributed by atoms with Crippen LogP contribution in [0, 0.1) is 5.41 Å². The van der Waals surface area contributed by atoms with Crippen molar-refractivity contribution in [3.63, 3.8) is 0 Å². The highest BCUT2D eigenvalue weighted by Gasteiger charge is 2.36. The molecule has 0 aliphatic carbocycles. The second kappa shape index (κ2) is 6.88. The largest absolute Gasteiger partial charge is 0.493 e. The summed E-state index contributed by atoms with van der Waals surface area (Å²) in [4.78, 5) is 14.7. The van der Waals surface area contributed by atoms with Gasteiger partial charge in [0.2, 0.25) is 0 Å². The van der Waals surface area contributed by atoms with Crippen LogP contribution in [0.25, 0.3) is 0 Å². The van der Waals surface area contributed by atoms with Crippen LogP contribution in [-0.4, -0.2) is 36.5 Å². The maximum atomic E-state index is 12.9. The van der Waals surface area contributed by atoms with E-state index in [2.05, 4.69) is 13.8 Å². The Balaban J connectivity index is 2.23. The van der Waals surface area contributed by atoms with Gasteiger partial charge in [-0.2, -0.15) is 0 Å². The molecule has 1 aliphatic rings. The van der Waals surface area contributed by atoms with Gasteiger partial charge in [-0.3, -0.25) is 4.79 Å². The maximum Gasteiger partial charge on any atom is 0.257 e. The van der Waals surface area contributed by atoms with E-state index in [9.17, 15) is 4.79 Å². The van der Waals surface area contributed by atoms with Crippen LogP contribution >= 0.6 is 11.6 Å². The van der Waals surface area contributed by atoms with Gasteiger partial charge in [0.1, 0.15) is 5.75 Å². The Bertz CT molecular complexity index is 545. The molecule has 1 heterocycles. The maximum absolute atomic E-state index is 12.9. The number of halogens is 1. The number of rotatable bonds is 4. The molecule has 1 saturated heterocycles. The SMILES string of the molecule is CCCOc1ccc(Cl)cc1C(=O)N1CCC(N)C(C)(C)C1. The first-order valence-corrected chi connectivity index (χ1v) is 8.20. The lowest BCUT2D eigenvalue weighted by Gasteiger charge is -2.42. The average molecular weight is 325 g/mol. The zero-order valence-electron chi connectivity index (χ0n) is 13.6. The van der Waals surface area contributed by atoms with Gasteiger partial charge in [-0.05, 0) is 36.5 Å². The van der Waals surface area contributed by atoms with Gasteiger partial charge in [0.05, 0.1) is 12.2 Å². The Morgan fingerprint density at radius 3 is 2.86 bits per heavy atom. The third-order valence-electron chi connectivity index (χ3n) is 4.23. The Kier molecular flexibility index (Phi) is 5.35. The second-order valence-electron chi connectivity index (χ2n) is 6.60. The van der Waals surface area contributed by atoms with Crippen molar-refractivity contribution in [2.24, 2.45) is 11.1 Å². The van der Waals surface area contributed by atoms with E-state index in [0.29, 0.717) is 36.0 Å². The first kappa shape index (κ1) is 17.1. The number of hydrogen-bond acceptors (Lipinski definition) is 3. The smallest absolute Gasteiger partial charge is 0.257 e. The Hall–Kier alpha value is -1.26. The van der Waals surface area contributed by atoms with E-state index in [4.69, 9.17) is 22.1 Å². The fraction of sp³-hybridized carbons (Fsp3) is 0.588. The second-order valence-corrected chi connectivity index (χ2v) is 7.04.